The standard InChI is InChI=1S/C21H21N3O5/c1-12-7-13(2)9-15(8-12)24-19(25)11-16(21(24)27)22-23-20(26)14-3-4-17-18(10-14)29-6-5-28-17/h3-4,7-10,16,22H,5-6,11H2,1-2H3,(H,23,26). The Hall–Kier alpha value is -3.39. The Morgan fingerprint density at radius 3 is 2.41 bits per heavy atom. The summed E-state index contributed by atoms with van der Waals surface area (Å²) in [5.74, 6) is -0.0703. The molecule has 0 saturated carbocycles. The largest absolute Gasteiger partial charge is 0.486 e. The van der Waals surface area contributed by atoms with Crippen LogP contribution in [-0.4, -0.2) is 37.0 Å². The summed E-state index contributed by atoms with van der Waals surface area (Å²) in [6.07, 6.45) is -0.0345. The Balaban J connectivity index is 1.43. The molecule has 0 aliphatic carbocycles. The number of carbonyl (C=O) groups is 3. The fourth-order valence-electron chi connectivity index (χ4n) is 3.51. The van der Waals surface area contributed by atoms with Crippen molar-refractivity contribution in [3.8, 4) is 11.5 Å². The second-order valence-electron chi connectivity index (χ2n) is 7.13. The van der Waals surface area contributed by atoms with Gasteiger partial charge < -0.3 is 9.47 Å². The number of rotatable bonds is 4. The van der Waals surface area contributed by atoms with E-state index in [4.69, 9.17) is 9.47 Å². The molecule has 1 fully saturated rings. The van der Waals surface area contributed by atoms with E-state index < -0.39 is 17.9 Å². The molecule has 0 bridgehead atoms. The maximum Gasteiger partial charge on any atom is 0.265 e. The van der Waals surface area contributed by atoms with Crippen LogP contribution < -0.4 is 25.2 Å². The summed E-state index contributed by atoms with van der Waals surface area (Å²) in [5, 5.41) is 0. The number of amides is 3. The van der Waals surface area contributed by atoms with Crippen molar-refractivity contribution in [2.24, 2.45) is 0 Å². The van der Waals surface area contributed by atoms with Gasteiger partial charge in [-0.3, -0.25) is 19.8 Å². The van der Waals surface area contributed by atoms with Gasteiger partial charge in [0, 0.05) is 5.56 Å². The van der Waals surface area contributed by atoms with E-state index in [1.807, 2.05) is 19.9 Å². The molecule has 150 valence electrons. The first-order chi connectivity index (χ1) is 13.9. The lowest BCUT2D eigenvalue weighted by atomic mass is 10.1. The average molecular weight is 395 g/mol. The molecule has 2 aromatic carbocycles. The summed E-state index contributed by atoms with van der Waals surface area (Å²) in [5.41, 5.74) is 8.01. The quantitative estimate of drug-likeness (QED) is 0.604. The zero-order valence-corrected chi connectivity index (χ0v) is 16.2. The van der Waals surface area contributed by atoms with E-state index in [1.165, 1.54) is 0 Å². The first kappa shape index (κ1) is 18.9. The Kier molecular flexibility index (Phi) is 4.94. The average Bonchev–Trinajstić information content (AvgIpc) is 2.98. The van der Waals surface area contributed by atoms with Crippen LogP contribution in [0.15, 0.2) is 36.4 Å². The first-order valence-corrected chi connectivity index (χ1v) is 9.33. The predicted molar refractivity (Wildman–Crippen MR) is 105 cm³/mol. The lowest BCUT2D eigenvalue weighted by molar-refractivity contribution is -0.121. The predicted octanol–water partition coefficient (Wildman–Crippen LogP) is 1.64. The summed E-state index contributed by atoms with van der Waals surface area (Å²) in [6, 6.07) is 9.57. The Morgan fingerprint density at radius 2 is 1.69 bits per heavy atom. The number of benzene rings is 2. The second kappa shape index (κ2) is 7.56. The zero-order chi connectivity index (χ0) is 20.5. The van der Waals surface area contributed by atoms with Gasteiger partial charge in [-0.2, -0.15) is 0 Å². The molecule has 1 saturated heterocycles. The second-order valence-corrected chi connectivity index (χ2v) is 7.13. The van der Waals surface area contributed by atoms with E-state index in [0.29, 0.717) is 36.0 Å². The van der Waals surface area contributed by atoms with Gasteiger partial charge in [-0.15, -0.1) is 0 Å². The summed E-state index contributed by atoms with van der Waals surface area (Å²) < 4.78 is 10.9. The molecule has 2 aliphatic heterocycles. The lowest BCUT2D eigenvalue weighted by Crippen LogP contribution is -2.48. The number of aryl methyl sites for hydroxylation is 2. The van der Waals surface area contributed by atoms with Crippen LogP contribution in [0.2, 0.25) is 0 Å². The van der Waals surface area contributed by atoms with Gasteiger partial charge in [-0.25, -0.2) is 10.3 Å². The molecule has 0 radical (unpaired) electrons. The van der Waals surface area contributed by atoms with Crippen molar-refractivity contribution in [2.75, 3.05) is 18.1 Å². The highest BCUT2D eigenvalue weighted by atomic mass is 16.6. The van der Waals surface area contributed by atoms with Crippen LogP contribution >= 0.6 is 0 Å². The lowest BCUT2D eigenvalue weighted by Gasteiger charge is -2.19. The van der Waals surface area contributed by atoms with Gasteiger partial charge in [0.2, 0.25) is 5.91 Å². The summed E-state index contributed by atoms with van der Waals surface area (Å²) in [7, 11) is 0. The highest BCUT2D eigenvalue weighted by Gasteiger charge is 2.39. The van der Waals surface area contributed by atoms with Gasteiger partial charge in [0.05, 0.1) is 12.1 Å². The van der Waals surface area contributed by atoms with Crippen molar-refractivity contribution in [1.29, 1.82) is 0 Å². The number of hydrogen-bond donors (Lipinski definition) is 2. The van der Waals surface area contributed by atoms with Crippen molar-refractivity contribution in [3.63, 3.8) is 0 Å². The SMILES string of the molecule is Cc1cc(C)cc(N2C(=O)CC(NNC(=O)c3ccc4c(c3)OCCO4)C2=O)c1. The minimum atomic E-state index is -0.829. The van der Waals surface area contributed by atoms with Crippen LogP contribution in [0.3, 0.4) is 0 Å². The molecule has 29 heavy (non-hydrogen) atoms. The van der Waals surface area contributed by atoms with Crippen LogP contribution in [0.4, 0.5) is 5.69 Å². The highest BCUT2D eigenvalue weighted by molar-refractivity contribution is 6.22. The number of anilines is 1. The van der Waals surface area contributed by atoms with E-state index in [9.17, 15) is 14.4 Å². The topological polar surface area (TPSA) is 97.0 Å². The van der Waals surface area contributed by atoms with Gasteiger partial charge in [0.15, 0.2) is 11.5 Å². The Bertz CT molecular complexity index is 984. The van der Waals surface area contributed by atoms with Crippen molar-refractivity contribution in [1.82, 2.24) is 10.9 Å². The number of imide groups is 1. The number of fused-ring (bicyclic) bond motifs is 1. The van der Waals surface area contributed by atoms with Gasteiger partial charge in [0.1, 0.15) is 19.3 Å². The van der Waals surface area contributed by atoms with E-state index >= 15 is 0 Å². The van der Waals surface area contributed by atoms with Gasteiger partial charge >= 0.3 is 0 Å². The normalized spacial score (nSPS) is 18.1. The summed E-state index contributed by atoms with van der Waals surface area (Å²) in [4.78, 5) is 38.7. The molecule has 1 atom stereocenters. The molecule has 4 rings (SSSR count). The molecule has 2 aromatic rings. The van der Waals surface area contributed by atoms with Crippen LogP contribution in [0, 0.1) is 13.8 Å². The van der Waals surface area contributed by atoms with Crippen molar-refractivity contribution < 1.29 is 23.9 Å². The number of hydrazine groups is 1. The molecular weight excluding hydrogens is 374 g/mol. The minimum Gasteiger partial charge on any atom is -0.486 e. The molecule has 1 unspecified atom stereocenters. The van der Waals surface area contributed by atoms with Crippen LogP contribution in [-0.2, 0) is 9.59 Å². The molecule has 2 heterocycles. The zero-order valence-electron chi connectivity index (χ0n) is 16.2. The fraction of sp³-hybridized carbons (Fsp3) is 0.286. The number of ether oxygens (including phenoxy) is 2. The van der Waals surface area contributed by atoms with Crippen LogP contribution in [0.25, 0.3) is 0 Å². The smallest absolute Gasteiger partial charge is 0.265 e. The highest BCUT2D eigenvalue weighted by Crippen LogP contribution is 2.30. The van der Waals surface area contributed by atoms with E-state index in [2.05, 4.69) is 10.9 Å². The molecule has 8 nitrogen and oxygen atoms in total. The maximum absolute atomic E-state index is 12.7. The molecular formula is C21H21N3O5. The number of nitrogens with zero attached hydrogens (tertiary/aromatic N) is 1. The van der Waals surface area contributed by atoms with Crippen molar-refractivity contribution in [3.05, 3.63) is 53.1 Å². The minimum absolute atomic E-state index is 0.0345. The third-order valence-electron chi connectivity index (χ3n) is 4.78. The summed E-state index contributed by atoms with van der Waals surface area (Å²) in [6.45, 7) is 4.70. The van der Waals surface area contributed by atoms with Gasteiger partial charge in [0.25, 0.3) is 11.8 Å². The molecule has 3 amide bonds. The third kappa shape index (κ3) is 3.79. The molecule has 0 aromatic heterocycles. The maximum atomic E-state index is 12.7. The van der Waals surface area contributed by atoms with E-state index in [0.717, 1.165) is 16.0 Å². The molecule has 0 spiro atoms. The van der Waals surface area contributed by atoms with Crippen LogP contribution in [0.5, 0.6) is 11.5 Å². The van der Waals surface area contributed by atoms with Gasteiger partial charge in [-0.05, 0) is 55.3 Å². The number of hydrogen-bond acceptors (Lipinski definition) is 6. The monoisotopic (exact) mass is 395 g/mol. The van der Waals surface area contributed by atoms with Gasteiger partial charge in [-0.1, -0.05) is 6.07 Å². The third-order valence-corrected chi connectivity index (χ3v) is 4.78. The number of carbonyl (C=O) groups excluding carboxylic acids is 3. The summed E-state index contributed by atoms with van der Waals surface area (Å²) >= 11 is 0. The number of nitrogens with one attached hydrogen (secondary N) is 2. The van der Waals surface area contributed by atoms with E-state index in [-0.39, 0.29) is 12.3 Å². The van der Waals surface area contributed by atoms with E-state index in [1.54, 1.807) is 30.3 Å². The first-order valence-electron chi connectivity index (χ1n) is 9.33. The molecule has 2 aliphatic rings. The van der Waals surface area contributed by atoms with Crippen LogP contribution in [0.1, 0.15) is 27.9 Å². The molecule has 2 N–H and O–H groups in total. The fourth-order valence-corrected chi connectivity index (χ4v) is 3.51. The van der Waals surface area contributed by atoms with Crippen molar-refractivity contribution >= 4 is 23.4 Å². The molecule has 8 heteroatoms. The Labute approximate surface area is 167 Å². The van der Waals surface area contributed by atoms with Crippen molar-refractivity contribution in [2.45, 2.75) is 26.3 Å². The Morgan fingerprint density at radius 1 is 1.00 bits per heavy atom.